The summed E-state index contributed by atoms with van der Waals surface area (Å²) in [6, 6.07) is 7.67. The molecule has 1 amide bonds. The molecule has 0 aliphatic rings. The lowest BCUT2D eigenvalue weighted by atomic mass is 10.1. The molecule has 0 atom stereocenters. The van der Waals surface area contributed by atoms with Gasteiger partial charge in [0.1, 0.15) is 0 Å². The first kappa shape index (κ1) is 25.6. The normalized spacial score (nSPS) is 11.6. The number of hydrogen-bond donors (Lipinski definition) is 2. The van der Waals surface area contributed by atoms with Crippen LogP contribution < -0.4 is 10.6 Å². The first-order chi connectivity index (χ1) is 12.4. The number of amides is 1. The van der Waals surface area contributed by atoms with Crippen LogP contribution in [0.4, 0.5) is 0 Å². The van der Waals surface area contributed by atoms with Crippen LogP contribution in [0.15, 0.2) is 29.3 Å². The smallest absolute Gasteiger partial charge is 0.253 e. The lowest BCUT2D eigenvalue weighted by molar-refractivity contribution is 0.0268. The molecule has 0 spiro atoms. The molecule has 0 saturated carbocycles. The highest BCUT2D eigenvalue weighted by Gasteiger charge is 2.16. The molecule has 27 heavy (non-hydrogen) atoms. The van der Waals surface area contributed by atoms with Crippen LogP contribution in [0.3, 0.4) is 0 Å². The summed E-state index contributed by atoms with van der Waals surface area (Å²) in [5, 5.41) is 6.53. The average Bonchev–Trinajstić information content (AvgIpc) is 2.65. The van der Waals surface area contributed by atoms with Crippen LogP contribution in [-0.4, -0.2) is 55.7 Å². The molecule has 0 heterocycles. The maximum absolute atomic E-state index is 12.3. The Labute approximate surface area is 181 Å². The minimum absolute atomic E-state index is 0. The quantitative estimate of drug-likeness (QED) is 0.317. The van der Waals surface area contributed by atoms with Crippen molar-refractivity contribution in [1.82, 2.24) is 15.5 Å². The van der Waals surface area contributed by atoms with E-state index < -0.39 is 0 Å². The fraction of sp³-hybridized carbons (Fsp3) is 0.600. The van der Waals surface area contributed by atoms with E-state index in [-0.39, 0.29) is 35.5 Å². The molecule has 0 aromatic heterocycles. The summed E-state index contributed by atoms with van der Waals surface area (Å²) in [6.07, 6.45) is 0. The molecule has 6 nitrogen and oxygen atoms in total. The van der Waals surface area contributed by atoms with Gasteiger partial charge in [-0.2, -0.15) is 0 Å². The largest absolute Gasteiger partial charge is 0.377 e. The number of nitrogens with zero attached hydrogens (tertiary/aromatic N) is 2. The minimum atomic E-state index is -0.261. The van der Waals surface area contributed by atoms with Crippen molar-refractivity contribution >= 4 is 35.8 Å². The summed E-state index contributed by atoms with van der Waals surface area (Å²) < 4.78 is 5.42. The zero-order valence-corrected chi connectivity index (χ0v) is 19.8. The van der Waals surface area contributed by atoms with Gasteiger partial charge in [0, 0.05) is 38.9 Å². The predicted molar refractivity (Wildman–Crippen MR) is 123 cm³/mol. The number of aliphatic imine (C=N–C) groups is 1. The van der Waals surface area contributed by atoms with Gasteiger partial charge in [0.25, 0.3) is 5.91 Å². The lowest BCUT2D eigenvalue weighted by Gasteiger charge is -2.24. The van der Waals surface area contributed by atoms with Gasteiger partial charge < -0.3 is 20.3 Å². The highest BCUT2D eigenvalue weighted by Crippen LogP contribution is 2.09. The number of guanidine groups is 1. The number of carbonyl (C=O) groups excluding carboxylic acids is 1. The van der Waals surface area contributed by atoms with Gasteiger partial charge in [0.15, 0.2) is 5.96 Å². The SMILES string of the molecule is CCNC(=NCc1ccc(C(=O)N(CC)CC)cc1)NCC(C)(C)OC.I. The van der Waals surface area contributed by atoms with Crippen LogP contribution in [0.2, 0.25) is 0 Å². The average molecular weight is 490 g/mol. The second-order valence-electron chi connectivity index (χ2n) is 6.69. The molecule has 0 bridgehead atoms. The van der Waals surface area contributed by atoms with E-state index in [9.17, 15) is 4.79 Å². The molecule has 0 aliphatic heterocycles. The Balaban J connectivity index is 0.00000676. The lowest BCUT2D eigenvalue weighted by Crippen LogP contribution is -2.45. The third-order valence-electron chi connectivity index (χ3n) is 4.25. The van der Waals surface area contributed by atoms with Crippen LogP contribution in [0.25, 0.3) is 0 Å². The number of nitrogens with one attached hydrogen (secondary N) is 2. The van der Waals surface area contributed by atoms with Crippen molar-refractivity contribution in [2.75, 3.05) is 33.3 Å². The predicted octanol–water partition coefficient (Wildman–Crippen LogP) is 3.27. The van der Waals surface area contributed by atoms with Crippen LogP contribution >= 0.6 is 24.0 Å². The zero-order chi connectivity index (χ0) is 19.6. The van der Waals surface area contributed by atoms with Crippen molar-refractivity contribution in [1.29, 1.82) is 0 Å². The van der Waals surface area contributed by atoms with Crippen molar-refractivity contribution < 1.29 is 9.53 Å². The Morgan fingerprint density at radius 3 is 2.19 bits per heavy atom. The van der Waals surface area contributed by atoms with Gasteiger partial charge in [-0.05, 0) is 52.3 Å². The number of halogens is 1. The Hall–Kier alpha value is -1.35. The minimum Gasteiger partial charge on any atom is -0.377 e. The summed E-state index contributed by atoms with van der Waals surface area (Å²) in [4.78, 5) is 18.8. The van der Waals surface area contributed by atoms with E-state index in [0.717, 1.165) is 31.2 Å². The van der Waals surface area contributed by atoms with E-state index in [1.807, 2.05) is 63.8 Å². The van der Waals surface area contributed by atoms with Gasteiger partial charge in [-0.3, -0.25) is 4.79 Å². The maximum Gasteiger partial charge on any atom is 0.253 e. The summed E-state index contributed by atoms with van der Waals surface area (Å²) in [6.45, 7) is 13.5. The Kier molecular flexibility index (Phi) is 12.3. The third-order valence-corrected chi connectivity index (χ3v) is 4.25. The molecule has 1 rings (SSSR count). The molecule has 1 aromatic carbocycles. The molecular weight excluding hydrogens is 455 g/mol. The summed E-state index contributed by atoms with van der Waals surface area (Å²) in [5.74, 6) is 0.822. The molecule has 0 aliphatic carbocycles. The molecule has 1 aromatic rings. The van der Waals surface area contributed by atoms with Crippen molar-refractivity contribution in [2.24, 2.45) is 4.99 Å². The maximum atomic E-state index is 12.3. The molecule has 0 saturated heterocycles. The van der Waals surface area contributed by atoms with E-state index in [1.54, 1.807) is 7.11 Å². The van der Waals surface area contributed by atoms with Gasteiger partial charge in [0.05, 0.1) is 12.1 Å². The number of rotatable bonds is 9. The standard InChI is InChI=1S/C20H34N4O2.HI/c1-7-21-19(23-15-20(4,5)26-6)22-14-16-10-12-17(13-11-16)18(25)24(8-2)9-3;/h10-13H,7-9,14-15H2,1-6H3,(H2,21,22,23);1H. The molecule has 0 radical (unpaired) electrons. The van der Waals surface area contributed by atoms with E-state index in [4.69, 9.17) is 4.74 Å². The number of benzene rings is 1. The zero-order valence-electron chi connectivity index (χ0n) is 17.5. The monoisotopic (exact) mass is 490 g/mol. The summed E-state index contributed by atoms with van der Waals surface area (Å²) in [5.41, 5.74) is 1.51. The molecule has 7 heteroatoms. The Morgan fingerprint density at radius 1 is 1.11 bits per heavy atom. The third kappa shape index (κ3) is 8.92. The Morgan fingerprint density at radius 2 is 1.70 bits per heavy atom. The highest BCUT2D eigenvalue weighted by molar-refractivity contribution is 14.0. The van der Waals surface area contributed by atoms with Crippen LogP contribution in [0.1, 0.15) is 50.5 Å². The van der Waals surface area contributed by atoms with Crippen molar-refractivity contribution in [2.45, 2.75) is 46.8 Å². The second kappa shape index (κ2) is 12.9. The van der Waals surface area contributed by atoms with Crippen molar-refractivity contribution in [3.8, 4) is 0 Å². The van der Waals surface area contributed by atoms with Crippen molar-refractivity contribution in [3.63, 3.8) is 0 Å². The van der Waals surface area contributed by atoms with E-state index >= 15 is 0 Å². The molecule has 2 N–H and O–H groups in total. The van der Waals surface area contributed by atoms with Gasteiger partial charge in [-0.1, -0.05) is 12.1 Å². The fourth-order valence-corrected chi connectivity index (χ4v) is 2.33. The fourth-order valence-electron chi connectivity index (χ4n) is 2.33. The molecular formula is C20H35IN4O2. The van der Waals surface area contributed by atoms with Crippen LogP contribution in [-0.2, 0) is 11.3 Å². The summed E-state index contributed by atoms with van der Waals surface area (Å²) in [7, 11) is 1.70. The summed E-state index contributed by atoms with van der Waals surface area (Å²) >= 11 is 0. The van der Waals surface area contributed by atoms with Gasteiger partial charge in [-0.15, -0.1) is 24.0 Å². The number of hydrogen-bond acceptors (Lipinski definition) is 3. The second-order valence-corrected chi connectivity index (χ2v) is 6.69. The number of ether oxygens (including phenoxy) is 1. The molecule has 0 fully saturated rings. The first-order valence-corrected chi connectivity index (χ1v) is 9.32. The van der Waals surface area contributed by atoms with Gasteiger partial charge in [0.2, 0.25) is 0 Å². The van der Waals surface area contributed by atoms with Gasteiger partial charge >= 0.3 is 0 Å². The molecule has 154 valence electrons. The van der Waals surface area contributed by atoms with Crippen LogP contribution in [0, 0.1) is 0 Å². The van der Waals surface area contributed by atoms with E-state index in [0.29, 0.717) is 18.7 Å². The van der Waals surface area contributed by atoms with Gasteiger partial charge in [-0.25, -0.2) is 4.99 Å². The van der Waals surface area contributed by atoms with Crippen molar-refractivity contribution in [3.05, 3.63) is 35.4 Å². The van der Waals surface area contributed by atoms with Crippen LogP contribution in [0.5, 0.6) is 0 Å². The topological polar surface area (TPSA) is 66.0 Å². The number of carbonyl (C=O) groups is 1. The number of methoxy groups -OCH3 is 1. The molecule has 0 unspecified atom stereocenters. The van der Waals surface area contributed by atoms with E-state index in [2.05, 4.69) is 15.6 Å². The Bertz CT molecular complexity index is 584. The van der Waals surface area contributed by atoms with E-state index in [1.165, 1.54) is 0 Å². The first-order valence-electron chi connectivity index (χ1n) is 9.32. The highest BCUT2D eigenvalue weighted by atomic mass is 127.